The molecule has 0 bridgehead atoms. The first-order valence-corrected chi connectivity index (χ1v) is 23.4. The fourth-order valence-corrected chi connectivity index (χ4v) is 20.1. The Morgan fingerprint density at radius 2 is 0.592 bits per heavy atom. The van der Waals surface area contributed by atoms with Crippen LogP contribution in [0.25, 0.3) is 0 Å². The summed E-state index contributed by atoms with van der Waals surface area (Å²) in [7, 11) is 0. The van der Waals surface area contributed by atoms with Crippen LogP contribution in [0.2, 0.25) is 0 Å². The fourth-order valence-electron chi connectivity index (χ4n) is 5.61. The van der Waals surface area contributed by atoms with E-state index >= 15 is 0 Å². The van der Waals surface area contributed by atoms with Gasteiger partial charge in [-0.1, -0.05) is 97.2 Å². The maximum absolute atomic E-state index is 2.32. The Hall–Kier alpha value is -0.880. The molecule has 2 heterocycles. The third-order valence-corrected chi connectivity index (χ3v) is 20.6. The molecule has 9 heteroatoms. The number of hydrogen-bond donors (Lipinski definition) is 0. The molecule has 0 aliphatic carbocycles. The van der Waals surface area contributed by atoms with Gasteiger partial charge in [0.2, 0.25) is 0 Å². The van der Waals surface area contributed by atoms with Gasteiger partial charge in [0.05, 0.1) is 0 Å². The minimum absolute atomic E-state index is 0.814. The average Bonchev–Trinajstić information content (AvgIpc) is 3.56. The first-order chi connectivity index (χ1) is 23.5. The highest BCUT2D eigenvalue weighted by Gasteiger charge is 2.54. The van der Waals surface area contributed by atoms with Gasteiger partial charge in [-0.3, -0.25) is 0 Å². The van der Waals surface area contributed by atoms with Crippen LogP contribution in [0.5, 0.6) is 0 Å². The third kappa shape index (κ3) is 9.76. The van der Waals surface area contributed by atoms with Crippen LogP contribution in [-0.2, 0) is 23.0 Å². The highest BCUT2D eigenvalue weighted by atomic mass is 32.4. The summed E-state index contributed by atoms with van der Waals surface area (Å²) < 4.78 is 6.64. The minimum Gasteiger partial charge on any atom is -0.107 e. The maximum Gasteiger partial charge on any atom is 0.161 e. The Bertz CT molecular complexity index is 1650. The van der Waals surface area contributed by atoms with E-state index in [1.165, 1.54) is 83.7 Å². The standard InChI is InChI=1S/C40H44NS8/c1-25-9-13-33(29(5)17-25)21-42-37-38(43-22-34-14-10-26(2)18-30(34)6)47-41(46-37)48-39(44-23-35-15-11-27(3)19-31(35)7)40(49-41)45-24-36-16-12-28(4)20-32(36)8/h9-20H,21-24H2,1-8H3/q+1. The Balaban J connectivity index is 1.24. The van der Waals surface area contributed by atoms with Gasteiger partial charge in [0.25, 0.3) is 0 Å². The fraction of sp³-hybridized carbons (Fsp3) is 0.300. The monoisotopic (exact) mass is 794 g/mol. The van der Waals surface area contributed by atoms with Gasteiger partial charge in [-0.2, -0.15) is 0 Å². The van der Waals surface area contributed by atoms with Gasteiger partial charge >= 0.3 is 0 Å². The van der Waals surface area contributed by atoms with Crippen LogP contribution < -0.4 is 0 Å². The number of nitrogens with zero attached hydrogens (tertiary/aromatic N) is 1. The average molecular weight is 795 g/mol. The van der Waals surface area contributed by atoms with Crippen LogP contribution in [-0.4, -0.2) is 2.10 Å². The molecule has 4 aromatic carbocycles. The molecule has 2 aliphatic heterocycles. The van der Waals surface area contributed by atoms with E-state index in [1.807, 2.05) is 94.8 Å². The van der Waals surface area contributed by atoms with Crippen LogP contribution in [0.15, 0.2) is 89.7 Å². The molecular formula is C40H44NS8+. The molecular weight excluding hydrogens is 751 g/mol. The second-order valence-corrected chi connectivity index (χ2v) is 23.8. The summed E-state index contributed by atoms with van der Waals surface area (Å²) in [5.41, 5.74) is 16.6. The van der Waals surface area contributed by atoms with E-state index in [0.717, 1.165) is 25.1 Å². The van der Waals surface area contributed by atoms with Gasteiger partial charge in [-0.15, -0.1) is 47.0 Å². The molecule has 0 saturated carbocycles. The van der Waals surface area contributed by atoms with Gasteiger partial charge in [0, 0.05) is 23.0 Å². The first-order valence-electron chi connectivity index (χ1n) is 16.4. The van der Waals surface area contributed by atoms with E-state index in [9.17, 15) is 0 Å². The molecule has 1 spiro atoms. The molecule has 256 valence electrons. The molecule has 6 rings (SSSR count). The van der Waals surface area contributed by atoms with Crippen molar-refractivity contribution < 1.29 is 2.10 Å². The largest absolute Gasteiger partial charge is 0.161 e. The zero-order valence-electron chi connectivity index (χ0n) is 29.5. The van der Waals surface area contributed by atoms with Gasteiger partial charge < -0.3 is 0 Å². The molecule has 0 unspecified atom stereocenters. The van der Waals surface area contributed by atoms with Crippen molar-refractivity contribution in [3.63, 3.8) is 0 Å². The highest BCUT2D eigenvalue weighted by Crippen LogP contribution is 2.75. The zero-order valence-corrected chi connectivity index (χ0v) is 36.0. The van der Waals surface area contributed by atoms with Crippen molar-refractivity contribution in [2.45, 2.75) is 78.4 Å². The summed E-state index contributed by atoms with van der Waals surface area (Å²) in [5.74, 6) is 3.98. The summed E-state index contributed by atoms with van der Waals surface area (Å²) in [4.78, 5) is 0. The molecule has 0 saturated heterocycles. The molecule has 2 aliphatic rings. The summed E-state index contributed by atoms with van der Waals surface area (Å²) in [5, 5.41) is 0. The van der Waals surface area contributed by atoms with Gasteiger partial charge in [0.1, 0.15) is 16.9 Å². The summed E-state index contributed by atoms with van der Waals surface area (Å²) in [6, 6.07) is 27.6. The minimum atomic E-state index is 0.814. The van der Waals surface area contributed by atoms with E-state index < -0.39 is 0 Å². The lowest BCUT2D eigenvalue weighted by atomic mass is 10.1. The number of aryl methyl sites for hydroxylation is 8. The van der Waals surface area contributed by atoms with E-state index in [-0.39, 0.29) is 0 Å². The SMILES string of the molecule is Cc1ccc(CSC2=C(SCc3ccc(C)cc3C)S[N+]3(S2)SC(SCc2ccc(C)cc2C)=C(SCc2ccc(C)cc2C)S3)c(C)c1. The van der Waals surface area contributed by atoms with Crippen molar-refractivity contribution >= 4 is 94.8 Å². The van der Waals surface area contributed by atoms with E-state index in [2.05, 4.69) is 128 Å². The van der Waals surface area contributed by atoms with Gasteiger partial charge in [-0.25, -0.2) is 0 Å². The molecule has 1 nitrogen and oxygen atoms in total. The second kappa shape index (κ2) is 16.9. The lowest BCUT2D eigenvalue weighted by Gasteiger charge is -2.17. The summed E-state index contributed by atoms with van der Waals surface area (Å²) in [6.45, 7) is 17.8. The quantitative estimate of drug-likeness (QED) is 0.101. The van der Waals surface area contributed by atoms with Crippen LogP contribution in [0.1, 0.15) is 66.8 Å². The van der Waals surface area contributed by atoms with Crippen LogP contribution in [0.3, 0.4) is 0 Å². The predicted octanol–water partition coefficient (Wildman–Crippen LogP) is 14.9. The lowest BCUT2D eigenvalue weighted by Crippen LogP contribution is -2.07. The van der Waals surface area contributed by atoms with Crippen LogP contribution >= 0.6 is 94.8 Å². The molecule has 0 radical (unpaired) electrons. The van der Waals surface area contributed by atoms with E-state index in [4.69, 9.17) is 0 Å². The predicted molar refractivity (Wildman–Crippen MR) is 234 cm³/mol. The number of benzene rings is 4. The van der Waals surface area contributed by atoms with Crippen molar-refractivity contribution in [3.8, 4) is 0 Å². The van der Waals surface area contributed by atoms with Crippen molar-refractivity contribution in [3.05, 3.63) is 157 Å². The Morgan fingerprint density at radius 1 is 0.367 bits per heavy atom. The van der Waals surface area contributed by atoms with Gasteiger partial charge in [-0.05, 0) is 99.9 Å². The number of rotatable bonds is 12. The first kappa shape index (κ1) is 37.9. The smallest absolute Gasteiger partial charge is 0.107 e. The van der Waals surface area contributed by atoms with Crippen molar-refractivity contribution in [2.24, 2.45) is 0 Å². The topological polar surface area (TPSA) is 0 Å². The molecule has 0 amide bonds. The summed E-state index contributed by atoms with van der Waals surface area (Å²) >= 11 is 16.3. The second-order valence-electron chi connectivity index (χ2n) is 12.8. The Labute approximate surface area is 329 Å². The van der Waals surface area contributed by atoms with E-state index in [1.54, 1.807) is 0 Å². The number of quaternary nitrogens is 1. The Morgan fingerprint density at radius 3 is 0.796 bits per heavy atom. The molecule has 49 heavy (non-hydrogen) atoms. The van der Waals surface area contributed by atoms with Crippen LogP contribution in [0.4, 0.5) is 0 Å². The van der Waals surface area contributed by atoms with Crippen molar-refractivity contribution in [1.82, 2.24) is 0 Å². The molecule has 4 aromatic rings. The van der Waals surface area contributed by atoms with Crippen molar-refractivity contribution in [1.29, 1.82) is 0 Å². The van der Waals surface area contributed by atoms with Crippen molar-refractivity contribution in [2.75, 3.05) is 0 Å². The molecule has 0 N–H and O–H groups in total. The molecule has 0 atom stereocenters. The normalized spacial score (nSPS) is 15.7. The molecule has 0 aromatic heterocycles. The third-order valence-electron chi connectivity index (χ3n) is 8.54. The summed E-state index contributed by atoms with van der Waals surface area (Å²) in [6.07, 6.45) is 0. The number of hydrogen-bond acceptors (Lipinski definition) is 8. The lowest BCUT2D eigenvalue weighted by molar-refractivity contribution is -0.264. The van der Waals surface area contributed by atoms with E-state index in [0.29, 0.717) is 0 Å². The van der Waals surface area contributed by atoms with Gasteiger partial charge in [0.15, 0.2) is 47.8 Å². The maximum atomic E-state index is 2.32. The van der Waals surface area contributed by atoms with Crippen LogP contribution in [0, 0.1) is 55.4 Å². The zero-order chi connectivity index (χ0) is 34.7. The number of thioether (sulfide) groups is 4. The highest BCUT2D eigenvalue weighted by molar-refractivity contribution is 8.45. The Kier molecular flexibility index (Phi) is 13.0. The molecule has 0 fully saturated rings.